The van der Waals surface area contributed by atoms with Crippen LogP contribution in [0.5, 0.6) is 5.88 Å². The fraction of sp³-hybridized carbons (Fsp3) is 0.409. The van der Waals surface area contributed by atoms with Crippen molar-refractivity contribution in [2.24, 2.45) is 5.92 Å². The minimum absolute atomic E-state index is 0.00717. The Morgan fingerprint density at radius 2 is 2.00 bits per heavy atom. The van der Waals surface area contributed by atoms with Crippen LogP contribution in [0.4, 0.5) is 22.0 Å². The molecule has 182 valence electrons. The standard InChI is InChI=1S/C22H25N9O4/c1-23-20(32)18-17(9-27-31(18)10-13-4-5-34-11-13)30-22(33)35-21-19(28-15-6-24-12-25-7-15)26-8-16(29-21)14-2-3-14/h6-9,12-14H,2-5,10-11H2,1H3,(H,23,32)(H,26,28)(H,30,33). The Balaban J connectivity index is 1.35. The van der Waals surface area contributed by atoms with Crippen LogP contribution in [0.25, 0.3) is 0 Å². The van der Waals surface area contributed by atoms with Crippen molar-refractivity contribution in [1.82, 2.24) is 35.0 Å². The Labute approximate surface area is 200 Å². The third-order valence-corrected chi connectivity index (χ3v) is 5.74. The van der Waals surface area contributed by atoms with Gasteiger partial charge in [-0.3, -0.25) is 14.8 Å². The summed E-state index contributed by atoms with van der Waals surface area (Å²) in [5.41, 5.74) is 1.77. The molecule has 5 rings (SSSR count). The van der Waals surface area contributed by atoms with Gasteiger partial charge in [-0.05, 0) is 19.3 Å². The van der Waals surface area contributed by atoms with Gasteiger partial charge in [0.2, 0.25) is 0 Å². The van der Waals surface area contributed by atoms with Crippen LogP contribution in [0.15, 0.2) is 31.1 Å². The van der Waals surface area contributed by atoms with Gasteiger partial charge in [-0.1, -0.05) is 0 Å². The van der Waals surface area contributed by atoms with E-state index in [0.717, 1.165) is 25.0 Å². The highest BCUT2D eigenvalue weighted by molar-refractivity contribution is 6.01. The summed E-state index contributed by atoms with van der Waals surface area (Å²) in [4.78, 5) is 42.2. The van der Waals surface area contributed by atoms with Crippen molar-refractivity contribution in [2.75, 3.05) is 30.9 Å². The minimum Gasteiger partial charge on any atom is -0.387 e. The molecule has 1 saturated carbocycles. The lowest BCUT2D eigenvalue weighted by atomic mass is 10.1. The van der Waals surface area contributed by atoms with Crippen molar-refractivity contribution in [3.05, 3.63) is 42.5 Å². The molecule has 1 aliphatic carbocycles. The van der Waals surface area contributed by atoms with Crippen LogP contribution in [0, 0.1) is 5.92 Å². The number of rotatable bonds is 8. The summed E-state index contributed by atoms with van der Waals surface area (Å²) in [7, 11) is 1.52. The Morgan fingerprint density at radius 1 is 1.17 bits per heavy atom. The summed E-state index contributed by atoms with van der Waals surface area (Å²) in [6.07, 6.45) is 9.70. The van der Waals surface area contributed by atoms with Crippen molar-refractivity contribution in [1.29, 1.82) is 0 Å². The lowest BCUT2D eigenvalue weighted by Crippen LogP contribution is -2.27. The summed E-state index contributed by atoms with van der Waals surface area (Å²) >= 11 is 0. The zero-order chi connectivity index (χ0) is 24.2. The average molecular weight is 480 g/mol. The van der Waals surface area contributed by atoms with Crippen molar-refractivity contribution in [2.45, 2.75) is 31.7 Å². The zero-order valence-electron chi connectivity index (χ0n) is 19.1. The second-order valence-corrected chi connectivity index (χ2v) is 8.39. The van der Waals surface area contributed by atoms with Crippen molar-refractivity contribution in [3.8, 4) is 5.88 Å². The predicted molar refractivity (Wildman–Crippen MR) is 124 cm³/mol. The number of nitrogens with zero attached hydrogens (tertiary/aromatic N) is 6. The maximum atomic E-state index is 12.9. The first kappa shape index (κ1) is 22.7. The number of nitrogens with one attached hydrogen (secondary N) is 3. The van der Waals surface area contributed by atoms with Crippen LogP contribution in [-0.2, 0) is 11.3 Å². The first-order valence-electron chi connectivity index (χ1n) is 11.3. The largest absolute Gasteiger partial charge is 0.418 e. The van der Waals surface area contributed by atoms with Gasteiger partial charge in [-0.25, -0.2) is 24.7 Å². The number of hydrogen-bond acceptors (Lipinski definition) is 10. The number of hydrogen-bond donors (Lipinski definition) is 3. The normalized spacial score (nSPS) is 17.1. The van der Waals surface area contributed by atoms with Gasteiger partial charge in [-0.2, -0.15) is 5.10 Å². The van der Waals surface area contributed by atoms with E-state index in [-0.39, 0.29) is 34.9 Å². The van der Waals surface area contributed by atoms with Crippen molar-refractivity contribution >= 4 is 29.2 Å². The summed E-state index contributed by atoms with van der Waals surface area (Å²) in [6.45, 7) is 1.79. The van der Waals surface area contributed by atoms with E-state index in [1.54, 1.807) is 23.3 Å². The smallest absolute Gasteiger partial charge is 0.387 e. The van der Waals surface area contributed by atoms with Gasteiger partial charge in [0.25, 0.3) is 11.8 Å². The third-order valence-electron chi connectivity index (χ3n) is 5.74. The Morgan fingerprint density at radius 3 is 2.71 bits per heavy atom. The highest BCUT2D eigenvalue weighted by Crippen LogP contribution is 2.40. The number of carbonyl (C=O) groups is 2. The van der Waals surface area contributed by atoms with Gasteiger partial charge in [0.15, 0.2) is 5.82 Å². The van der Waals surface area contributed by atoms with E-state index in [4.69, 9.17) is 9.47 Å². The summed E-state index contributed by atoms with van der Waals surface area (Å²) in [6, 6.07) is 0. The zero-order valence-corrected chi connectivity index (χ0v) is 19.1. The highest BCUT2D eigenvalue weighted by atomic mass is 16.6. The molecule has 2 aliphatic rings. The van der Waals surface area contributed by atoms with Gasteiger partial charge in [0.1, 0.15) is 12.0 Å². The first-order valence-corrected chi connectivity index (χ1v) is 11.3. The van der Waals surface area contributed by atoms with Gasteiger partial charge < -0.3 is 20.1 Å². The molecule has 0 bridgehead atoms. The molecule has 4 heterocycles. The van der Waals surface area contributed by atoms with Crippen LogP contribution in [0.2, 0.25) is 0 Å². The Bertz CT molecular complexity index is 1210. The highest BCUT2D eigenvalue weighted by Gasteiger charge is 2.28. The van der Waals surface area contributed by atoms with Crippen molar-refractivity contribution in [3.63, 3.8) is 0 Å². The fourth-order valence-electron chi connectivity index (χ4n) is 3.79. The molecule has 0 radical (unpaired) electrons. The molecule has 2 amide bonds. The number of ether oxygens (including phenoxy) is 2. The van der Waals surface area contributed by atoms with Crippen LogP contribution >= 0.6 is 0 Å². The fourth-order valence-corrected chi connectivity index (χ4v) is 3.79. The molecular formula is C22H25N9O4. The molecule has 1 saturated heterocycles. The van der Waals surface area contributed by atoms with E-state index >= 15 is 0 Å². The number of anilines is 3. The molecule has 3 aromatic heterocycles. The average Bonchev–Trinajstić information content (AvgIpc) is 3.46. The predicted octanol–water partition coefficient (Wildman–Crippen LogP) is 2.09. The number of aromatic nitrogens is 6. The Hall–Kier alpha value is -4.13. The van der Waals surface area contributed by atoms with Gasteiger partial charge in [0.05, 0.1) is 48.5 Å². The Kier molecular flexibility index (Phi) is 6.48. The molecule has 1 unspecified atom stereocenters. The third kappa shape index (κ3) is 5.35. The molecule has 35 heavy (non-hydrogen) atoms. The molecule has 0 aromatic carbocycles. The molecular weight excluding hydrogens is 454 g/mol. The molecule has 0 spiro atoms. The number of amides is 2. The van der Waals surface area contributed by atoms with Crippen LogP contribution < -0.4 is 20.7 Å². The van der Waals surface area contributed by atoms with Crippen LogP contribution in [0.3, 0.4) is 0 Å². The second-order valence-electron chi connectivity index (χ2n) is 8.39. The van der Waals surface area contributed by atoms with Gasteiger partial charge >= 0.3 is 6.09 Å². The SMILES string of the molecule is CNC(=O)c1c(NC(=O)Oc2nc(C3CC3)cnc2Nc2cncnc2)cnn1CC1CCOC1. The van der Waals surface area contributed by atoms with E-state index in [2.05, 4.69) is 41.0 Å². The van der Waals surface area contributed by atoms with Gasteiger partial charge in [-0.15, -0.1) is 0 Å². The molecule has 2 fully saturated rings. The van der Waals surface area contributed by atoms with E-state index < -0.39 is 6.09 Å². The number of carbonyl (C=O) groups excluding carboxylic acids is 2. The molecule has 13 heteroatoms. The van der Waals surface area contributed by atoms with E-state index in [1.807, 2.05) is 0 Å². The van der Waals surface area contributed by atoms with E-state index in [0.29, 0.717) is 31.4 Å². The lowest BCUT2D eigenvalue weighted by Gasteiger charge is -2.13. The van der Waals surface area contributed by atoms with E-state index in [1.165, 1.54) is 19.6 Å². The minimum atomic E-state index is -0.825. The molecule has 1 atom stereocenters. The van der Waals surface area contributed by atoms with Crippen LogP contribution in [-0.4, -0.2) is 62.0 Å². The second kappa shape index (κ2) is 10.0. The quantitative estimate of drug-likeness (QED) is 0.437. The summed E-state index contributed by atoms with van der Waals surface area (Å²) < 4.78 is 12.5. The molecule has 3 aromatic rings. The summed E-state index contributed by atoms with van der Waals surface area (Å²) in [5, 5.41) is 12.5. The first-order chi connectivity index (χ1) is 17.1. The van der Waals surface area contributed by atoms with E-state index in [9.17, 15) is 9.59 Å². The van der Waals surface area contributed by atoms with Crippen molar-refractivity contribution < 1.29 is 19.1 Å². The van der Waals surface area contributed by atoms with Crippen LogP contribution in [0.1, 0.15) is 41.4 Å². The van der Waals surface area contributed by atoms with Gasteiger partial charge in [0, 0.05) is 32.0 Å². The molecule has 13 nitrogen and oxygen atoms in total. The monoisotopic (exact) mass is 479 g/mol. The maximum Gasteiger partial charge on any atom is 0.418 e. The molecule has 1 aliphatic heterocycles. The molecule has 3 N–H and O–H groups in total. The topological polar surface area (TPSA) is 158 Å². The maximum absolute atomic E-state index is 12.9. The summed E-state index contributed by atoms with van der Waals surface area (Å²) in [5.74, 6) is 0.419. The lowest BCUT2D eigenvalue weighted by molar-refractivity contribution is 0.0951.